The van der Waals surface area contributed by atoms with Gasteiger partial charge in [0.05, 0.1) is 4.92 Å². The van der Waals surface area contributed by atoms with Crippen molar-refractivity contribution in [2.24, 2.45) is 0 Å². The third-order valence-electron chi connectivity index (χ3n) is 4.03. The number of hydrogen-bond acceptors (Lipinski definition) is 5. The average Bonchev–Trinajstić information content (AvgIpc) is 2.76. The Morgan fingerprint density at radius 1 is 0.828 bits per heavy atom. The smallest absolute Gasteiger partial charge is 0.270 e. The van der Waals surface area contributed by atoms with Crippen LogP contribution in [0, 0.1) is 10.1 Å². The maximum absolute atomic E-state index is 12.5. The van der Waals surface area contributed by atoms with Crippen molar-refractivity contribution in [1.82, 2.24) is 10.9 Å². The molecular weight excluding hydrogens is 374 g/mol. The number of nitro benzene ring substituents is 1. The molecule has 0 spiro atoms. The zero-order valence-corrected chi connectivity index (χ0v) is 15.2. The van der Waals surface area contributed by atoms with Crippen LogP contribution in [0.2, 0.25) is 0 Å². The summed E-state index contributed by atoms with van der Waals surface area (Å²) < 4.78 is 5.69. The Bertz CT molecular complexity index is 1020. The summed E-state index contributed by atoms with van der Waals surface area (Å²) in [6.45, 7) is 0.184. The van der Waals surface area contributed by atoms with E-state index < -0.39 is 16.7 Å². The van der Waals surface area contributed by atoms with Crippen LogP contribution in [0.1, 0.15) is 26.3 Å². The molecule has 0 saturated heterocycles. The van der Waals surface area contributed by atoms with Crippen LogP contribution in [0.25, 0.3) is 0 Å². The number of nitrogens with one attached hydrogen (secondary N) is 2. The number of hydrogen-bond donors (Lipinski definition) is 2. The van der Waals surface area contributed by atoms with E-state index >= 15 is 0 Å². The number of rotatable bonds is 6. The van der Waals surface area contributed by atoms with E-state index in [1.807, 2.05) is 30.3 Å². The van der Waals surface area contributed by atoms with E-state index in [4.69, 9.17) is 4.74 Å². The molecule has 0 unspecified atom stereocenters. The Labute approximate surface area is 166 Å². The lowest BCUT2D eigenvalue weighted by molar-refractivity contribution is -0.384. The van der Waals surface area contributed by atoms with E-state index in [-0.39, 0.29) is 17.9 Å². The van der Waals surface area contributed by atoms with Gasteiger partial charge >= 0.3 is 0 Å². The Kier molecular flexibility index (Phi) is 6.16. The third-order valence-corrected chi connectivity index (χ3v) is 4.03. The summed E-state index contributed by atoms with van der Waals surface area (Å²) in [5.41, 5.74) is 5.70. The van der Waals surface area contributed by atoms with Crippen LogP contribution in [-0.4, -0.2) is 16.7 Å². The molecule has 0 saturated carbocycles. The van der Waals surface area contributed by atoms with Crippen molar-refractivity contribution in [2.75, 3.05) is 0 Å². The fourth-order valence-corrected chi connectivity index (χ4v) is 2.53. The average molecular weight is 391 g/mol. The summed E-state index contributed by atoms with van der Waals surface area (Å²) in [6, 6.07) is 21.1. The highest BCUT2D eigenvalue weighted by Gasteiger charge is 2.14. The van der Waals surface area contributed by atoms with E-state index in [9.17, 15) is 19.7 Å². The van der Waals surface area contributed by atoms with Crippen LogP contribution in [0.4, 0.5) is 5.69 Å². The molecule has 3 aromatic carbocycles. The van der Waals surface area contributed by atoms with Crippen LogP contribution in [0.3, 0.4) is 0 Å². The highest BCUT2D eigenvalue weighted by molar-refractivity contribution is 5.99. The molecule has 0 fully saturated rings. The summed E-state index contributed by atoms with van der Waals surface area (Å²) in [7, 11) is 0. The molecule has 3 rings (SSSR count). The van der Waals surface area contributed by atoms with E-state index in [1.54, 1.807) is 24.3 Å². The summed E-state index contributed by atoms with van der Waals surface area (Å²) in [6.07, 6.45) is 0. The van der Waals surface area contributed by atoms with Gasteiger partial charge in [-0.3, -0.25) is 30.6 Å². The fourth-order valence-electron chi connectivity index (χ4n) is 2.53. The lowest BCUT2D eigenvalue weighted by Crippen LogP contribution is -2.42. The lowest BCUT2D eigenvalue weighted by Gasteiger charge is -2.12. The van der Waals surface area contributed by atoms with Crippen molar-refractivity contribution in [3.05, 3.63) is 106 Å². The topological polar surface area (TPSA) is 111 Å². The molecule has 0 aliphatic rings. The van der Waals surface area contributed by atoms with Gasteiger partial charge in [-0.25, -0.2) is 0 Å². The molecule has 0 aliphatic carbocycles. The fraction of sp³-hybridized carbons (Fsp3) is 0.0476. The highest BCUT2D eigenvalue weighted by Crippen LogP contribution is 2.15. The summed E-state index contributed by atoms with van der Waals surface area (Å²) in [5, 5.41) is 10.7. The van der Waals surface area contributed by atoms with Crippen molar-refractivity contribution in [3.63, 3.8) is 0 Å². The number of ether oxygens (including phenoxy) is 1. The maximum atomic E-state index is 12.5. The minimum absolute atomic E-state index is 0.127. The Hall–Kier alpha value is -4.20. The second-order valence-corrected chi connectivity index (χ2v) is 5.97. The van der Waals surface area contributed by atoms with Gasteiger partial charge in [-0.1, -0.05) is 36.4 Å². The first-order chi connectivity index (χ1) is 14.0. The predicted octanol–water partition coefficient (Wildman–Crippen LogP) is 3.25. The molecule has 0 radical (unpaired) electrons. The molecule has 0 atom stereocenters. The second kappa shape index (κ2) is 9.14. The monoisotopic (exact) mass is 391 g/mol. The van der Waals surface area contributed by atoms with Gasteiger partial charge in [-0.2, -0.15) is 0 Å². The molecule has 146 valence electrons. The van der Waals surface area contributed by atoms with Gasteiger partial charge in [0.1, 0.15) is 12.4 Å². The first kappa shape index (κ1) is 19.6. The number of carbonyl (C=O) groups excluding carboxylic acids is 2. The normalized spacial score (nSPS) is 10.1. The van der Waals surface area contributed by atoms with Gasteiger partial charge in [-0.05, 0) is 30.3 Å². The van der Waals surface area contributed by atoms with Gasteiger partial charge in [0.25, 0.3) is 17.5 Å². The molecule has 8 heteroatoms. The van der Waals surface area contributed by atoms with Crippen LogP contribution in [0.5, 0.6) is 5.75 Å². The van der Waals surface area contributed by atoms with Crippen molar-refractivity contribution in [3.8, 4) is 5.75 Å². The van der Waals surface area contributed by atoms with E-state index in [2.05, 4.69) is 10.9 Å². The summed E-state index contributed by atoms with van der Waals surface area (Å²) in [5.74, 6) is -0.423. The number of hydrazine groups is 1. The van der Waals surface area contributed by atoms with Crippen LogP contribution < -0.4 is 15.6 Å². The van der Waals surface area contributed by atoms with Crippen LogP contribution in [0.15, 0.2) is 78.9 Å². The van der Waals surface area contributed by atoms with E-state index in [0.29, 0.717) is 16.9 Å². The maximum Gasteiger partial charge on any atom is 0.270 e. The number of nitrogens with zero attached hydrogens (tertiary/aromatic N) is 1. The molecule has 3 aromatic rings. The molecular formula is C21H17N3O5. The van der Waals surface area contributed by atoms with Crippen LogP contribution in [-0.2, 0) is 6.61 Å². The van der Waals surface area contributed by atoms with Gasteiger partial charge in [0.2, 0.25) is 0 Å². The quantitative estimate of drug-likeness (QED) is 0.495. The van der Waals surface area contributed by atoms with Gasteiger partial charge in [0.15, 0.2) is 0 Å². The zero-order valence-electron chi connectivity index (χ0n) is 15.2. The van der Waals surface area contributed by atoms with E-state index in [0.717, 1.165) is 0 Å². The first-order valence-corrected chi connectivity index (χ1v) is 8.65. The van der Waals surface area contributed by atoms with E-state index in [1.165, 1.54) is 24.3 Å². The summed E-state index contributed by atoms with van der Waals surface area (Å²) in [4.78, 5) is 34.7. The molecule has 2 N–H and O–H groups in total. The number of benzene rings is 3. The van der Waals surface area contributed by atoms with Crippen molar-refractivity contribution >= 4 is 17.5 Å². The van der Waals surface area contributed by atoms with Gasteiger partial charge in [0, 0.05) is 28.8 Å². The van der Waals surface area contributed by atoms with Crippen molar-refractivity contribution in [1.29, 1.82) is 0 Å². The molecule has 2 amide bonds. The van der Waals surface area contributed by atoms with Crippen LogP contribution >= 0.6 is 0 Å². The SMILES string of the molecule is O=C(NNC(=O)c1ccccc1COc1ccccc1)c1ccc([N+](=O)[O-])cc1. The summed E-state index contributed by atoms with van der Waals surface area (Å²) >= 11 is 0. The van der Waals surface area contributed by atoms with Gasteiger partial charge in [-0.15, -0.1) is 0 Å². The molecule has 0 heterocycles. The van der Waals surface area contributed by atoms with Crippen molar-refractivity contribution in [2.45, 2.75) is 6.61 Å². The minimum atomic E-state index is -0.591. The third kappa shape index (κ3) is 5.16. The number of carbonyl (C=O) groups is 2. The number of non-ortho nitro benzene ring substituents is 1. The van der Waals surface area contributed by atoms with Crippen molar-refractivity contribution < 1.29 is 19.2 Å². The molecule has 0 bridgehead atoms. The second-order valence-electron chi connectivity index (χ2n) is 5.97. The number of para-hydroxylation sites is 1. The standard InChI is InChI=1S/C21H17N3O5/c25-20(15-10-12-17(13-11-15)24(27)28)22-23-21(26)19-9-5-4-6-16(19)14-29-18-7-2-1-3-8-18/h1-13H,14H2,(H,22,25)(H,23,26). The number of nitro groups is 1. The zero-order chi connectivity index (χ0) is 20.6. The predicted molar refractivity (Wildman–Crippen MR) is 105 cm³/mol. The highest BCUT2D eigenvalue weighted by atomic mass is 16.6. The molecule has 29 heavy (non-hydrogen) atoms. The molecule has 8 nitrogen and oxygen atoms in total. The lowest BCUT2D eigenvalue weighted by atomic mass is 10.1. The Morgan fingerprint density at radius 2 is 1.45 bits per heavy atom. The molecule has 0 aromatic heterocycles. The largest absolute Gasteiger partial charge is 0.489 e. The van der Waals surface area contributed by atoms with Gasteiger partial charge < -0.3 is 4.74 Å². The molecule has 0 aliphatic heterocycles. The minimum Gasteiger partial charge on any atom is -0.489 e. The Morgan fingerprint density at radius 3 is 2.14 bits per heavy atom. The first-order valence-electron chi connectivity index (χ1n) is 8.65. The Balaban J connectivity index is 1.61. The number of amides is 2.